The third-order valence-electron chi connectivity index (χ3n) is 1.54. The summed E-state index contributed by atoms with van der Waals surface area (Å²) in [5.74, 6) is 0.886. The maximum Gasteiger partial charge on any atom is 0.309 e. The van der Waals surface area contributed by atoms with Crippen LogP contribution in [-0.2, 0) is 9.53 Å². The van der Waals surface area contributed by atoms with Crippen molar-refractivity contribution in [1.82, 2.24) is 5.32 Å². The van der Waals surface area contributed by atoms with E-state index in [1.807, 2.05) is 6.92 Å². The molecule has 0 fully saturated rings. The van der Waals surface area contributed by atoms with Gasteiger partial charge in [0.15, 0.2) is 0 Å². The number of ether oxygens (including phenoxy) is 1. The molecule has 1 unspecified atom stereocenters. The first kappa shape index (κ1) is 11.8. The van der Waals surface area contributed by atoms with Crippen molar-refractivity contribution in [3.63, 3.8) is 0 Å². The molecule has 1 N–H and O–H groups in total. The summed E-state index contributed by atoms with van der Waals surface area (Å²) in [5, 5.41) is 3.18. The number of thioether (sulfide) groups is 1. The van der Waals surface area contributed by atoms with Gasteiger partial charge in [-0.15, -0.1) is 0 Å². The molecule has 0 amide bonds. The van der Waals surface area contributed by atoms with Crippen LogP contribution in [0.5, 0.6) is 0 Å². The van der Waals surface area contributed by atoms with Crippen LogP contribution in [0.4, 0.5) is 0 Å². The van der Waals surface area contributed by atoms with Crippen molar-refractivity contribution < 1.29 is 9.53 Å². The van der Waals surface area contributed by atoms with Crippen LogP contribution in [0.25, 0.3) is 0 Å². The smallest absolute Gasteiger partial charge is 0.309 e. The average Bonchev–Trinajstić information content (AvgIpc) is 2.10. The first-order valence-electron chi connectivity index (χ1n) is 3.99. The predicted octanol–water partition coefficient (Wildman–Crippen LogP) is 0.748. The van der Waals surface area contributed by atoms with E-state index in [9.17, 15) is 4.79 Å². The van der Waals surface area contributed by atoms with Crippen molar-refractivity contribution in [3.05, 3.63) is 0 Å². The minimum absolute atomic E-state index is 0.0446. The summed E-state index contributed by atoms with van der Waals surface area (Å²) >= 11 is 1.79. The maximum atomic E-state index is 10.9. The molecule has 0 rings (SSSR count). The molecule has 0 aromatic rings. The van der Waals surface area contributed by atoms with Gasteiger partial charge in [-0.1, -0.05) is 6.92 Å². The minimum Gasteiger partial charge on any atom is -0.469 e. The van der Waals surface area contributed by atoms with Gasteiger partial charge in [-0.05, 0) is 6.26 Å². The number of rotatable bonds is 6. The zero-order valence-electron chi connectivity index (χ0n) is 7.92. The second kappa shape index (κ2) is 7.43. The van der Waals surface area contributed by atoms with Crippen LogP contribution in [-0.4, -0.2) is 38.2 Å². The molecule has 0 radical (unpaired) electrons. The van der Waals surface area contributed by atoms with E-state index in [0.717, 1.165) is 12.3 Å². The van der Waals surface area contributed by atoms with Gasteiger partial charge in [-0.2, -0.15) is 11.8 Å². The fraction of sp³-hybridized carbons (Fsp3) is 0.875. The molecule has 0 aliphatic heterocycles. The number of carbonyl (C=O) groups is 1. The topological polar surface area (TPSA) is 38.3 Å². The average molecular weight is 191 g/mol. The fourth-order valence-corrected chi connectivity index (χ4v) is 1.13. The van der Waals surface area contributed by atoms with Crippen LogP contribution >= 0.6 is 11.8 Å². The zero-order valence-corrected chi connectivity index (χ0v) is 8.74. The van der Waals surface area contributed by atoms with Crippen molar-refractivity contribution in [3.8, 4) is 0 Å². The first-order valence-corrected chi connectivity index (χ1v) is 5.39. The lowest BCUT2D eigenvalue weighted by molar-refractivity contribution is -0.144. The summed E-state index contributed by atoms with van der Waals surface area (Å²) in [6.07, 6.45) is 2.06. The third kappa shape index (κ3) is 5.43. The molecule has 0 saturated carbocycles. The number of methoxy groups -OCH3 is 1. The van der Waals surface area contributed by atoms with E-state index >= 15 is 0 Å². The van der Waals surface area contributed by atoms with Gasteiger partial charge in [0.25, 0.3) is 0 Å². The van der Waals surface area contributed by atoms with Crippen LogP contribution < -0.4 is 5.32 Å². The molecule has 3 nitrogen and oxygen atoms in total. The Morgan fingerprint density at radius 2 is 2.33 bits per heavy atom. The van der Waals surface area contributed by atoms with Gasteiger partial charge >= 0.3 is 5.97 Å². The van der Waals surface area contributed by atoms with Crippen molar-refractivity contribution in [1.29, 1.82) is 0 Å². The number of nitrogens with one attached hydrogen (secondary N) is 1. The highest BCUT2D eigenvalue weighted by Crippen LogP contribution is 1.95. The number of hydrogen-bond donors (Lipinski definition) is 1. The molecule has 0 aromatic carbocycles. The molecular weight excluding hydrogens is 174 g/mol. The van der Waals surface area contributed by atoms with Crippen molar-refractivity contribution in [2.24, 2.45) is 5.92 Å². The fourth-order valence-electron chi connectivity index (χ4n) is 0.777. The van der Waals surface area contributed by atoms with Crippen LogP contribution in [0.3, 0.4) is 0 Å². The maximum absolute atomic E-state index is 10.9. The van der Waals surface area contributed by atoms with E-state index in [2.05, 4.69) is 16.3 Å². The lowest BCUT2D eigenvalue weighted by Crippen LogP contribution is -2.28. The number of hydrogen-bond acceptors (Lipinski definition) is 4. The molecule has 0 aromatic heterocycles. The van der Waals surface area contributed by atoms with Crippen LogP contribution in [0, 0.1) is 5.92 Å². The second-order valence-electron chi connectivity index (χ2n) is 2.62. The van der Waals surface area contributed by atoms with Crippen molar-refractivity contribution in [2.45, 2.75) is 6.92 Å². The Morgan fingerprint density at radius 3 is 2.83 bits per heavy atom. The van der Waals surface area contributed by atoms with Gasteiger partial charge in [0.05, 0.1) is 13.0 Å². The van der Waals surface area contributed by atoms with E-state index in [4.69, 9.17) is 0 Å². The van der Waals surface area contributed by atoms with E-state index in [1.165, 1.54) is 7.11 Å². The Balaban J connectivity index is 3.31. The number of carbonyl (C=O) groups excluding carboxylic acids is 1. The van der Waals surface area contributed by atoms with Gasteiger partial charge in [0.2, 0.25) is 0 Å². The number of esters is 1. The second-order valence-corrected chi connectivity index (χ2v) is 3.61. The highest BCUT2D eigenvalue weighted by atomic mass is 32.2. The molecule has 0 aliphatic rings. The van der Waals surface area contributed by atoms with E-state index < -0.39 is 0 Å². The van der Waals surface area contributed by atoms with E-state index in [1.54, 1.807) is 11.8 Å². The zero-order chi connectivity index (χ0) is 9.40. The summed E-state index contributed by atoms with van der Waals surface area (Å²) in [4.78, 5) is 10.9. The predicted molar refractivity (Wildman–Crippen MR) is 52.4 cm³/mol. The SMILES string of the molecule is COC(=O)C(C)CNCCSC. The van der Waals surface area contributed by atoms with Crippen LogP contribution in [0.1, 0.15) is 6.92 Å². The standard InChI is InChI=1S/C8H17NO2S/c1-7(8(10)11-2)6-9-4-5-12-3/h7,9H,4-6H2,1-3H3. The normalized spacial score (nSPS) is 12.6. The largest absolute Gasteiger partial charge is 0.469 e. The lowest BCUT2D eigenvalue weighted by atomic mass is 10.2. The summed E-state index contributed by atoms with van der Waals surface area (Å²) in [5.41, 5.74) is 0. The van der Waals surface area contributed by atoms with Crippen LogP contribution in [0.2, 0.25) is 0 Å². The molecule has 1 atom stereocenters. The molecule has 72 valence electrons. The monoisotopic (exact) mass is 191 g/mol. The minimum atomic E-state index is -0.147. The van der Waals surface area contributed by atoms with Gasteiger partial charge in [-0.3, -0.25) is 4.79 Å². The quantitative estimate of drug-likeness (QED) is 0.496. The Hall–Kier alpha value is -0.220. The Labute approximate surface area is 78.2 Å². The van der Waals surface area contributed by atoms with Crippen molar-refractivity contribution in [2.75, 3.05) is 32.2 Å². The molecule has 0 bridgehead atoms. The highest BCUT2D eigenvalue weighted by Gasteiger charge is 2.11. The van der Waals surface area contributed by atoms with E-state index in [0.29, 0.717) is 6.54 Å². The van der Waals surface area contributed by atoms with Gasteiger partial charge in [0, 0.05) is 18.8 Å². The molecule has 0 aliphatic carbocycles. The Bertz CT molecular complexity index is 130. The molecule has 4 heteroatoms. The Morgan fingerprint density at radius 1 is 1.67 bits per heavy atom. The summed E-state index contributed by atoms with van der Waals surface area (Å²) in [6.45, 7) is 3.51. The lowest BCUT2D eigenvalue weighted by Gasteiger charge is -2.09. The summed E-state index contributed by atoms with van der Waals surface area (Å²) < 4.78 is 4.58. The van der Waals surface area contributed by atoms with Crippen LogP contribution in [0.15, 0.2) is 0 Å². The third-order valence-corrected chi connectivity index (χ3v) is 2.15. The van der Waals surface area contributed by atoms with Gasteiger partial charge in [0.1, 0.15) is 0 Å². The summed E-state index contributed by atoms with van der Waals surface area (Å²) in [6, 6.07) is 0. The first-order chi connectivity index (χ1) is 5.72. The summed E-state index contributed by atoms with van der Waals surface area (Å²) in [7, 11) is 1.42. The van der Waals surface area contributed by atoms with E-state index in [-0.39, 0.29) is 11.9 Å². The molecule has 0 spiro atoms. The molecular formula is C8H17NO2S. The Kier molecular flexibility index (Phi) is 7.29. The highest BCUT2D eigenvalue weighted by molar-refractivity contribution is 7.98. The van der Waals surface area contributed by atoms with Gasteiger partial charge in [-0.25, -0.2) is 0 Å². The van der Waals surface area contributed by atoms with Gasteiger partial charge < -0.3 is 10.1 Å². The molecule has 0 heterocycles. The van der Waals surface area contributed by atoms with Crippen molar-refractivity contribution >= 4 is 17.7 Å². The molecule has 0 saturated heterocycles. The molecule has 12 heavy (non-hydrogen) atoms.